The third kappa shape index (κ3) is 2.83. The molecule has 0 amide bonds. The maximum absolute atomic E-state index is 12.3. The highest BCUT2D eigenvalue weighted by Crippen LogP contribution is 2.28. The van der Waals surface area contributed by atoms with Gasteiger partial charge in [-0.1, -0.05) is 0 Å². The second kappa shape index (κ2) is 6.10. The Bertz CT molecular complexity index is 589. The molecule has 1 N–H and O–H groups in total. The predicted molar refractivity (Wildman–Crippen MR) is 80.9 cm³/mol. The van der Waals surface area contributed by atoms with Gasteiger partial charge in [0.05, 0.1) is 44.2 Å². The highest BCUT2D eigenvalue weighted by molar-refractivity contribution is 5.19. The van der Waals surface area contributed by atoms with Gasteiger partial charge in [-0.05, 0) is 25.7 Å². The van der Waals surface area contributed by atoms with Crippen LogP contribution in [0.25, 0.3) is 0 Å². The molecule has 1 aliphatic carbocycles. The summed E-state index contributed by atoms with van der Waals surface area (Å²) in [6.07, 6.45) is 5.07. The molecule has 22 heavy (non-hydrogen) atoms. The number of rotatable bonds is 3. The zero-order chi connectivity index (χ0) is 14.9. The van der Waals surface area contributed by atoms with Crippen molar-refractivity contribution < 1.29 is 9.47 Å². The van der Waals surface area contributed by atoms with Crippen LogP contribution >= 0.6 is 0 Å². The van der Waals surface area contributed by atoms with E-state index in [1.807, 2.05) is 0 Å². The maximum atomic E-state index is 12.3. The Morgan fingerprint density at radius 3 is 2.68 bits per heavy atom. The van der Waals surface area contributed by atoms with E-state index in [-0.39, 0.29) is 11.6 Å². The molecule has 6 nitrogen and oxygen atoms in total. The summed E-state index contributed by atoms with van der Waals surface area (Å²) in [7, 11) is 0. The van der Waals surface area contributed by atoms with Crippen molar-refractivity contribution in [1.29, 1.82) is 0 Å². The van der Waals surface area contributed by atoms with Crippen molar-refractivity contribution in [3.63, 3.8) is 0 Å². The Morgan fingerprint density at radius 1 is 1.14 bits per heavy atom. The fraction of sp³-hybridized carbons (Fsp3) is 0.750. The molecular weight excluding hydrogens is 282 g/mol. The third-order valence-electron chi connectivity index (χ3n) is 5.02. The number of hydrogen-bond donors (Lipinski definition) is 1. The zero-order valence-electron chi connectivity index (χ0n) is 12.8. The van der Waals surface area contributed by atoms with Crippen LogP contribution in [0.15, 0.2) is 10.9 Å². The van der Waals surface area contributed by atoms with E-state index in [9.17, 15) is 4.79 Å². The number of nitrogens with zero attached hydrogens (tertiary/aromatic N) is 2. The molecule has 1 aromatic heterocycles. The fourth-order valence-electron chi connectivity index (χ4n) is 3.64. The molecular formula is C16H23N3O3. The van der Waals surface area contributed by atoms with Gasteiger partial charge in [-0.2, -0.15) is 5.10 Å². The number of hydrogen-bond acceptors (Lipinski definition) is 5. The molecule has 0 unspecified atom stereocenters. The van der Waals surface area contributed by atoms with E-state index in [4.69, 9.17) is 9.47 Å². The summed E-state index contributed by atoms with van der Waals surface area (Å²) in [4.78, 5) is 12.3. The third-order valence-corrected chi connectivity index (χ3v) is 5.02. The van der Waals surface area contributed by atoms with Gasteiger partial charge >= 0.3 is 0 Å². The van der Waals surface area contributed by atoms with Crippen molar-refractivity contribution in [2.75, 3.05) is 19.8 Å². The molecule has 1 saturated heterocycles. The van der Waals surface area contributed by atoms with Gasteiger partial charge in [-0.15, -0.1) is 0 Å². The molecule has 0 spiro atoms. The smallest absolute Gasteiger partial charge is 0.267 e. The molecule has 0 atom stereocenters. The summed E-state index contributed by atoms with van der Waals surface area (Å²) in [6.45, 7) is 2.92. The largest absolute Gasteiger partial charge is 0.378 e. The topological polar surface area (TPSA) is 65.4 Å². The normalized spacial score (nSPS) is 28.9. The lowest BCUT2D eigenvalue weighted by atomic mass is 9.90. The average molecular weight is 305 g/mol. The van der Waals surface area contributed by atoms with E-state index in [1.54, 1.807) is 10.7 Å². The first-order chi connectivity index (χ1) is 10.8. The lowest BCUT2D eigenvalue weighted by Gasteiger charge is -2.35. The molecule has 4 rings (SSSR count). The van der Waals surface area contributed by atoms with Gasteiger partial charge in [0.1, 0.15) is 0 Å². The number of aromatic nitrogens is 2. The molecule has 1 saturated carbocycles. The number of ether oxygens (including phenoxy) is 2. The quantitative estimate of drug-likeness (QED) is 0.894. The highest BCUT2D eigenvalue weighted by Gasteiger charge is 2.28. The van der Waals surface area contributed by atoms with Crippen LogP contribution in [0.4, 0.5) is 0 Å². The molecule has 6 heteroatoms. The lowest BCUT2D eigenvalue weighted by molar-refractivity contribution is -0.0126. The summed E-state index contributed by atoms with van der Waals surface area (Å²) in [5, 5.41) is 8.28. The first-order valence-corrected chi connectivity index (χ1v) is 8.33. The first-order valence-electron chi connectivity index (χ1n) is 8.33. The van der Waals surface area contributed by atoms with E-state index in [1.165, 1.54) is 0 Å². The van der Waals surface area contributed by atoms with Crippen LogP contribution in [0.1, 0.15) is 43.0 Å². The summed E-state index contributed by atoms with van der Waals surface area (Å²) in [5.74, 6) is 0. The van der Waals surface area contributed by atoms with Crippen LogP contribution in [-0.4, -0.2) is 41.7 Å². The van der Waals surface area contributed by atoms with E-state index >= 15 is 0 Å². The Hall–Kier alpha value is -1.24. The number of nitrogens with one attached hydrogen (secondary N) is 1. The second-order valence-corrected chi connectivity index (χ2v) is 6.61. The highest BCUT2D eigenvalue weighted by atomic mass is 16.5. The minimum Gasteiger partial charge on any atom is -0.378 e. The zero-order valence-corrected chi connectivity index (χ0v) is 12.8. The second-order valence-electron chi connectivity index (χ2n) is 6.61. The molecule has 3 heterocycles. The predicted octanol–water partition coefficient (Wildman–Crippen LogP) is 0.788. The Kier molecular flexibility index (Phi) is 3.98. The van der Waals surface area contributed by atoms with Crippen molar-refractivity contribution in [2.24, 2.45) is 0 Å². The van der Waals surface area contributed by atoms with Crippen LogP contribution in [0.2, 0.25) is 0 Å². The Morgan fingerprint density at radius 2 is 1.95 bits per heavy atom. The fourth-order valence-corrected chi connectivity index (χ4v) is 3.64. The molecule has 0 aromatic carbocycles. The van der Waals surface area contributed by atoms with Gasteiger partial charge in [0, 0.05) is 24.1 Å². The summed E-state index contributed by atoms with van der Waals surface area (Å²) >= 11 is 0. The van der Waals surface area contributed by atoms with Gasteiger partial charge in [0.2, 0.25) is 0 Å². The van der Waals surface area contributed by atoms with Crippen molar-refractivity contribution in [3.8, 4) is 0 Å². The first kappa shape index (κ1) is 14.4. The van der Waals surface area contributed by atoms with E-state index in [0.29, 0.717) is 25.3 Å². The summed E-state index contributed by atoms with van der Waals surface area (Å²) in [6, 6.07) is 3.06. The lowest BCUT2D eigenvalue weighted by Crippen LogP contribution is -2.51. The van der Waals surface area contributed by atoms with Gasteiger partial charge in [0.25, 0.3) is 5.56 Å². The SMILES string of the molecule is O=c1cc2c(nn1C1CCC(NC3COC3)CC1)CCOC2. The maximum Gasteiger partial charge on any atom is 0.267 e. The van der Waals surface area contributed by atoms with Crippen LogP contribution in [-0.2, 0) is 22.5 Å². The summed E-state index contributed by atoms with van der Waals surface area (Å²) < 4.78 is 12.3. The van der Waals surface area contributed by atoms with Gasteiger partial charge < -0.3 is 14.8 Å². The van der Waals surface area contributed by atoms with Crippen molar-refractivity contribution in [2.45, 2.75) is 56.8 Å². The monoisotopic (exact) mass is 305 g/mol. The standard InChI is InChI=1S/C16H23N3O3/c20-16-7-11-8-21-6-5-15(11)18-19(16)14-3-1-12(2-4-14)17-13-9-22-10-13/h7,12-14,17H,1-6,8-10H2. The van der Waals surface area contributed by atoms with E-state index < -0.39 is 0 Å². The van der Waals surface area contributed by atoms with Gasteiger partial charge in [-0.25, -0.2) is 4.68 Å². The minimum absolute atomic E-state index is 0.0213. The molecule has 1 aromatic rings. The van der Waals surface area contributed by atoms with Crippen LogP contribution in [0.3, 0.4) is 0 Å². The van der Waals surface area contributed by atoms with Crippen molar-refractivity contribution >= 4 is 0 Å². The van der Waals surface area contributed by atoms with Gasteiger partial charge in [-0.3, -0.25) is 4.79 Å². The molecule has 2 aliphatic heterocycles. The molecule has 2 fully saturated rings. The van der Waals surface area contributed by atoms with Crippen molar-refractivity contribution in [1.82, 2.24) is 15.1 Å². The Balaban J connectivity index is 1.43. The molecule has 3 aliphatic rings. The van der Waals surface area contributed by atoms with E-state index in [2.05, 4.69) is 10.4 Å². The molecule has 0 bridgehead atoms. The number of fused-ring (bicyclic) bond motifs is 1. The van der Waals surface area contributed by atoms with Gasteiger partial charge in [0.15, 0.2) is 0 Å². The summed E-state index contributed by atoms with van der Waals surface area (Å²) in [5.41, 5.74) is 2.03. The van der Waals surface area contributed by atoms with Crippen LogP contribution in [0.5, 0.6) is 0 Å². The van der Waals surface area contributed by atoms with Crippen LogP contribution in [0, 0.1) is 0 Å². The van der Waals surface area contributed by atoms with Crippen LogP contribution < -0.4 is 10.9 Å². The van der Waals surface area contributed by atoms with Crippen molar-refractivity contribution in [3.05, 3.63) is 27.7 Å². The average Bonchev–Trinajstić information content (AvgIpc) is 2.51. The molecule has 120 valence electrons. The minimum atomic E-state index is 0.0213. The van der Waals surface area contributed by atoms with E-state index in [0.717, 1.165) is 56.6 Å². The molecule has 0 radical (unpaired) electrons. The Labute approximate surface area is 129 Å².